The van der Waals surface area contributed by atoms with Crippen molar-refractivity contribution < 1.29 is 14.3 Å². The quantitative estimate of drug-likeness (QED) is 0.772. The van der Waals surface area contributed by atoms with Gasteiger partial charge in [0.1, 0.15) is 0 Å². The number of nitrogens with zero attached hydrogens (tertiary/aromatic N) is 2. The van der Waals surface area contributed by atoms with Gasteiger partial charge in [-0.15, -0.1) is 12.4 Å². The number of hydrogen-bond acceptors (Lipinski definition) is 4. The lowest BCUT2D eigenvalue weighted by Gasteiger charge is -2.35. The molecule has 2 saturated heterocycles. The first-order valence-electron chi connectivity index (χ1n) is 7.13. The van der Waals surface area contributed by atoms with Crippen LogP contribution in [-0.4, -0.2) is 73.1 Å². The third-order valence-corrected chi connectivity index (χ3v) is 4.00. The van der Waals surface area contributed by atoms with E-state index >= 15 is 0 Å². The van der Waals surface area contributed by atoms with Gasteiger partial charge in [0.15, 0.2) is 0 Å². The van der Waals surface area contributed by atoms with E-state index in [0.29, 0.717) is 32.2 Å². The Bertz CT molecular complexity index is 370. The van der Waals surface area contributed by atoms with Crippen molar-refractivity contribution in [2.24, 2.45) is 0 Å². The van der Waals surface area contributed by atoms with Gasteiger partial charge in [-0.3, -0.25) is 9.59 Å². The normalized spacial score (nSPS) is 27.2. The summed E-state index contributed by atoms with van der Waals surface area (Å²) in [6.45, 7) is 3.84. The predicted molar refractivity (Wildman–Crippen MR) is 75.8 cm³/mol. The number of morpholine rings is 1. The first kappa shape index (κ1) is 15.5. The molecule has 1 unspecified atom stereocenters. The van der Waals surface area contributed by atoms with Crippen LogP contribution in [0.3, 0.4) is 0 Å². The summed E-state index contributed by atoms with van der Waals surface area (Å²) in [5.41, 5.74) is 0. The van der Waals surface area contributed by atoms with Gasteiger partial charge >= 0.3 is 0 Å². The summed E-state index contributed by atoms with van der Waals surface area (Å²) in [6, 6.07) is 0.454. The molecule has 1 N–H and O–H groups in total. The molecule has 20 heavy (non-hydrogen) atoms. The number of hydrogen-bond donors (Lipinski definition) is 1. The summed E-state index contributed by atoms with van der Waals surface area (Å²) in [6.07, 6.45) is 2.59. The highest BCUT2D eigenvalue weighted by Crippen LogP contribution is 2.28. The van der Waals surface area contributed by atoms with Gasteiger partial charge in [0.05, 0.1) is 25.7 Å². The number of piperazine rings is 1. The molecule has 1 saturated carbocycles. The van der Waals surface area contributed by atoms with Gasteiger partial charge in [-0.1, -0.05) is 0 Å². The van der Waals surface area contributed by atoms with E-state index in [0.717, 1.165) is 25.9 Å². The molecular formula is C13H22ClN3O3. The molecule has 0 aromatic rings. The van der Waals surface area contributed by atoms with Crippen molar-refractivity contribution in [2.45, 2.75) is 31.4 Å². The van der Waals surface area contributed by atoms with E-state index in [1.807, 2.05) is 4.90 Å². The van der Waals surface area contributed by atoms with Crippen LogP contribution in [0, 0.1) is 0 Å². The van der Waals surface area contributed by atoms with Crippen LogP contribution in [0.15, 0.2) is 0 Å². The highest BCUT2D eigenvalue weighted by atomic mass is 35.5. The molecule has 0 radical (unpaired) electrons. The van der Waals surface area contributed by atoms with Crippen LogP contribution in [0.25, 0.3) is 0 Å². The SMILES string of the molecule is Cl.O=C(CC1CNCCO1)N1CCN(C2CC2)C(=O)C1. The van der Waals surface area contributed by atoms with E-state index in [-0.39, 0.29) is 36.9 Å². The van der Waals surface area contributed by atoms with E-state index in [1.54, 1.807) is 4.90 Å². The molecule has 2 heterocycles. The van der Waals surface area contributed by atoms with Gasteiger partial charge in [-0.05, 0) is 12.8 Å². The second kappa shape index (κ2) is 6.74. The zero-order valence-corrected chi connectivity index (χ0v) is 12.4. The van der Waals surface area contributed by atoms with Crippen LogP contribution in [0.1, 0.15) is 19.3 Å². The van der Waals surface area contributed by atoms with Gasteiger partial charge in [-0.25, -0.2) is 0 Å². The zero-order valence-electron chi connectivity index (χ0n) is 11.5. The summed E-state index contributed by atoms with van der Waals surface area (Å²) in [7, 11) is 0. The summed E-state index contributed by atoms with van der Waals surface area (Å²) in [4.78, 5) is 27.7. The molecule has 0 aromatic heterocycles. The minimum Gasteiger partial charge on any atom is -0.375 e. The van der Waals surface area contributed by atoms with Crippen molar-refractivity contribution in [3.05, 3.63) is 0 Å². The molecule has 0 spiro atoms. The molecule has 0 bridgehead atoms. The Kier molecular flexibility index (Phi) is 5.23. The first-order chi connectivity index (χ1) is 9.24. The lowest BCUT2D eigenvalue weighted by Crippen LogP contribution is -2.53. The van der Waals surface area contributed by atoms with E-state index in [9.17, 15) is 9.59 Å². The summed E-state index contributed by atoms with van der Waals surface area (Å²) < 4.78 is 5.53. The lowest BCUT2D eigenvalue weighted by molar-refractivity contribution is -0.147. The third-order valence-electron chi connectivity index (χ3n) is 4.00. The Morgan fingerprint density at radius 3 is 2.75 bits per heavy atom. The number of amides is 2. The Morgan fingerprint density at radius 2 is 2.15 bits per heavy atom. The molecule has 1 aliphatic carbocycles. The molecule has 2 amide bonds. The monoisotopic (exact) mass is 303 g/mol. The maximum Gasteiger partial charge on any atom is 0.242 e. The van der Waals surface area contributed by atoms with Crippen LogP contribution in [0.2, 0.25) is 0 Å². The second-order valence-electron chi connectivity index (χ2n) is 5.53. The molecule has 3 rings (SSSR count). The molecule has 3 fully saturated rings. The van der Waals surface area contributed by atoms with Crippen LogP contribution in [0.4, 0.5) is 0 Å². The predicted octanol–water partition coefficient (Wildman–Crippen LogP) is -0.380. The standard InChI is InChI=1S/C13H21N3O3.ClH/c17-12(7-11-8-14-3-6-19-11)15-4-5-16(10-1-2-10)13(18)9-15;/h10-11,14H,1-9H2;1H. The van der Waals surface area contributed by atoms with Gasteiger partial charge in [0, 0.05) is 32.2 Å². The van der Waals surface area contributed by atoms with E-state index in [4.69, 9.17) is 4.74 Å². The van der Waals surface area contributed by atoms with Crippen molar-refractivity contribution >= 4 is 24.2 Å². The fraction of sp³-hybridized carbons (Fsp3) is 0.846. The highest BCUT2D eigenvalue weighted by Gasteiger charge is 2.37. The topological polar surface area (TPSA) is 61.9 Å². The molecule has 114 valence electrons. The third kappa shape index (κ3) is 3.62. The summed E-state index contributed by atoms with van der Waals surface area (Å²) in [5, 5.41) is 3.21. The Morgan fingerprint density at radius 1 is 1.35 bits per heavy atom. The molecule has 2 aliphatic heterocycles. The van der Waals surface area contributed by atoms with Gasteiger partial charge in [0.2, 0.25) is 11.8 Å². The average Bonchev–Trinajstić information content (AvgIpc) is 3.24. The zero-order chi connectivity index (χ0) is 13.2. The number of nitrogens with one attached hydrogen (secondary N) is 1. The number of halogens is 1. The fourth-order valence-corrected chi connectivity index (χ4v) is 2.75. The molecule has 1 atom stereocenters. The van der Waals surface area contributed by atoms with Crippen LogP contribution in [-0.2, 0) is 14.3 Å². The number of rotatable bonds is 3. The van der Waals surface area contributed by atoms with Gasteiger partial charge in [0.25, 0.3) is 0 Å². The lowest BCUT2D eigenvalue weighted by atomic mass is 10.2. The van der Waals surface area contributed by atoms with E-state index in [2.05, 4.69) is 5.32 Å². The molecule has 0 aromatic carbocycles. The fourth-order valence-electron chi connectivity index (χ4n) is 2.75. The average molecular weight is 304 g/mol. The minimum atomic E-state index is -0.0437. The highest BCUT2D eigenvalue weighted by molar-refractivity contribution is 5.86. The molecule has 3 aliphatic rings. The van der Waals surface area contributed by atoms with Crippen LogP contribution < -0.4 is 5.32 Å². The van der Waals surface area contributed by atoms with Crippen molar-refractivity contribution in [2.75, 3.05) is 39.3 Å². The number of ether oxygens (including phenoxy) is 1. The molecule has 6 nitrogen and oxygen atoms in total. The van der Waals surface area contributed by atoms with Crippen LogP contribution >= 0.6 is 12.4 Å². The van der Waals surface area contributed by atoms with Crippen molar-refractivity contribution in [3.8, 4) is 0 Å². The number of carbonyl (C=O) groups excluding carboxylic acids is 2. The summed E-state index contributed by atoms with van der Waals surface area (Å²) in [5.74, 6) is 0.141. The Hall–Kier alpha value is -0.850. The molecular weight excluding hydrogens is 282 g/mol. The first-order valence-corrected chi connectivity index (χ1v) is 7.13. The number of carbonyl (C=O) groups is 2. The van der Waals surface area contributed by atoms with Crippen molar-refractivity contribution in [3.63, 3.8) is 0 Å². The minimum absolute atomic E-state index is 0. The molecule has 7 heteroatoms. The maximum absolute atomic E-state index is 12.2. The smallest absolute Gasteiger partial charge is 0.242 e. The second-order valence-corrected chi connectivity index (χ2v) is 5.53. The van der Waals surface area contributed by atoms with Crippen molar-refractivity contribution in [1.82, 2.24) is 15.1 Å². The Labute approximate surface area is 125 Å². The van der Waals surface area contributed by atoms with Crippen molar-refractivity contribution in [1.29, 1.82) is 0 Å². The largest absolute Gasteiger partial charge is 0.375 e. The van der Waals surface area contributed by atoms with E-state index < -0.39 is 0 Å². The van der Waals surface area contributed by atoms with Gasteiger partial charge in [-0.2, -0.15) is 0 Å². The maximum atomic E-state index is 12.2. The van der Waals surface area contributed by atoms with Gasteiger partial charge < -0.3 is 19.9 Å². The Balaban J connectivity index is 0.00000147. The van der Waals surface area contributed by atoms with E-state index in [1.165, 1.54) is 0 Å². The van der Waals surface area contributed by atoms with Crippen LogP contribution in [0.5, 0.6) is 0 Å². The summed E-state index contributed by atoms with van der Waals surface area (Å²) >= 11 is 0.